The topological polar surface area (TPSA) is 50.1 Å². The van der Waals surface area contributed by atoms with Gasteiger partial charge in [0.15, 0.2) is 0 Å². The maximum atomic E-state index is 12.4. The van der Waals surface area contributed by atoms with E-state index in [9.17, 15) is 10.1 Å². The highest BCUT2D eigenvalue weighted by molar-refractivity contribution is 9.12. The Labute approximate surface area is 177 Å². The van der Waals surface area contributed by atoms with Crippen molar-refractivity contribution in [2.45, 2.75) is 46.5 Å². The molecule has 136 valence electrons. The van der Waals surface area contributed by atoms with Gasteiger partial charge in [0.1, 0.15) is 11.6 Å². The van der Waals surface area contributed by atoms with Crippen LogP contribution < -0.4 is 0 Å². The van der Waals surface area contributed by atoms with Crippen LogP contribution in [0.5, 0.6) is 0 Å². The second-order valence-electron chi connectivity index (χ2n) is 5.48. The number of nitrogens with zero attached hydrogens (tertiary/aromatic N) is 1. The number of thiocarbonyl (C=S) groups is 2. The second kappa shape index (κ2) is 13.6. The highest BCUT2D eigenvalue weighted by Gasteiger charge is 2.28. The molecule has 0 spiro atoms. The highest BCUT2D eigenvalue weighted by atomic mass is 79.9. The maximum Gasteiger partial charge on any atom is 0.348 e. The SMILES string of the molecule is CCCCCCOC(=O)C(C#N)=C(C(C)C(Br)=C=S)C(C)C(Br)=C=S. The molecule has 0 aliphatic carbocycles. The molecule has 0 aliphatic rings. The molecule has 0 radical (unpaired) electrons. The summed E-state index contributed by atoms with van der Waals surface area (Å²) in [5.74, 6) is -1.25. The quantitative estimate of drug-likeness (QED) is 0.120. The summed E-state index contributed by atoms with van der Waals surface area (Å²) in [6.45, 7) is 6.09. The number of esters is 1. The van der Waals surface area contributed by atoms with Crippen LogP contribution in [0.3, 0.4) is 0 Å². The molecule has 2 atom stereocenters. The van der Waals surface area contributed by atoms with Crippen molar-refractivity contribution in [3.05, 3.63) is 20.1 Å². The largest absolute Gasteiger partial charge is 0.462 e. The molecule has 0 aromatic carbocycles. The first kappa shape index (κ1) is 24.4. The van der Waals surface area contributed by atoms with Gasteiger partial charge in [0.05, 0.1) is 15.6 Å². The van der Waals surface area contributed by atoms with Gasteiger partial charge in [-0.15, -0.1) is 0 Å². The van der Waals surface area contributed by atoms with Crippen LogP contribution >= 0.6 is 56.3 Å². The molecule has 0 rings (SSSR count). The van der Waals surface area contributed by atoms with E-state index in [-0.39, 0.29) is 17.4 Å². The molecule has 25 heavy (non-hydrogen) atoms. The number of hydrogen-bond donors (Lipinski definition) is 0. The van der Waals surface area contributed by atoms with E-state index >= 15 is 0 Å². The van der Waals surface area contributed by atoms with E-state index in [1.807, 2.05) is 19.9 Å². The molecule has 0 saturated heterocycles. The van der Waals surface area contributed by atoms with Crippen LogP contribution in [0.4, 0.5) is 0 Å². The van der Waals surface area contributed by atoms with Crippen molar-refractivity contribution >= 4 is 72.3 Å². The Morgan fingerprint density at radius 3 is 2.00 bits per heavy atom. The zero-order valence-electron chi connectivity index (χ0n) is 14.5. The fraction of sp³-hybridized carbons (Fsp3) is 0.556. The lowest BCUT2D eigenvalue weighted by Gasteiger charge is -2.21. The monoisotopic (exact) mass is 505 g/mol. The zero-order valence-corrected chi connectivity index (χ0v) is 19.3. The molecule has 7 heteroatoms. The molecule has 0 aromatic heterocycles. The Morgan fingerprint density at radius 1 is 1.08 bits per heavy atom. The normalized spacial score (nSPS) is 12.0. The molecule has 0 aliphatic heterocycles. The van der Waals surface area contributed by atoms with Crippen molar-refractivity contribution in [2.24, 2.45) is 11.8 Å². The van der Waals surface area contributed by atoms with Gasteiger partial charge in [-0.3, -0.25) is 0 Å². The predicted octanol–water partition coefficient (Wildman–Crippen LogP) is 5.96. The van der Waals surface area contributed by atoms with Gasteiger partial charge in [0, 0.05) is 11.8 Å². The molecule has 0 heterocycles. The fourth-order valence-corrected chi connectivity index (χ4v) is 3.10. The van der Waals surface area contributed by atoms with Crippen molar-refractivity contribution in [1.29, 1.82) is 5.26 Å². The van der Waals surface area contributed by atoms with E-state index in [2.05, 4.69) is 48.8 Å². The second-order valence-corrected chi connectivity index (χ2v) is 7.60. The smallest absolute Gasteiger partial charge is 0.348 e. The average molecular weight is 507 g/mol. The number of ether oxygens (including phenoxy) is 1. The minimum Gasteiger partial charge on any atom is -0.462 e. The van der Waals surface area contributed by atoms with Gasteiger partial charge in [-0.1, -0.05) is 40.0 Å². The van der Waals surface area contributed by atoms with Gasteiger partial charge in [-0.2, -0.15) is 5.26 Å². The first-order chi connectivity index (χ1) is 11.8. The van der Waals surface area contributed by atoms with Gasteiger partial charge in [0.25, 0.3) is 0 Å². The van der Waals surface area contributed by atoms with E-state index in [1.165, 1.54) is 0 Å². The van der Waals surface area contributed by atoms with E-state index < -0.39 is 5.97 Å². The maximum absolute atomic E-state index is 12.4. The number of nitriles is 1. The molecule has 0 fully saturated rings. The van der Waals surface area contributed by atoms with Gasteiger partial charge in [-0.05, 0) is 78.3 Å². The third-order valence-electron chi connectivity index (χ3n) is 3.72. The predicted molar refractivity (Wildman–Crippen MR) is 116 cm³/mol. The number of unbranched alkanes of at least 4 members (excludes halogenated alkanes) is 3. The van der Waals surface area contributed by atoms with E-state index in [1.54, 1.807) is 0 Å². The van der Waals surface area contributed by atoms with Crippen molar-refractivity contribution in [2.75, 3.05) is 6.61 Å². The Morgan fingerprint density at radius 2 is 1.60 bits per heavy atom. The van der Waals surface area contributed by atoms with Crippen LogP contribution in [0.25, 0.3) is 0 Å². The zero-order chi connectivity index (χ0) is 19.4. The fourth-order valence-electron chi connectivity index (χ4n) is 2.25. The van der Waals surface area contributed by atoms with Crippen LogP contribution in [0, 0.1) is 23.2 Å². The van der Waals surface area contributed by atoms with Gasteiger partial charge in [0.2, 0.25) is 0 Å². The Balaban J connectivity index is 5.71. The molecule has 0 amide bonds. The van der Waals surface area contributed by atoms with Crippen LogP contribution in [0.15, 0.2) is 20.1 Å². The third-order valence-corrected chi connectivity index (χ3v) is 6.46. The molecular weight excluding hydrogens is 486 g/mol. The molecule has 0 bridgehead atoms. The van der Waals surface area contributed by atoms with Crippen LogP contribution in [0.1, 0.15) is 46.5 Å². The van der Waals surface area contributed by atoms with Crippen molar-refractivity contribution in [3.8, 4) is 6.07 Å². The average Bonchev–Trinajstić information content (AvgIpc) is 2.62. The number of hydrogen-bond acceptors (Lipinski definition) is 5. The van der Waals surface area contributed by atoms with E-state index in [0.29, 0.717) is 21.1 Å². The molecule has 3 nitrogen and oxygen atoms in total. The number of carbonyl (C=O) groups is 1. The van der Waals surface area contributed by atoms with Gasteiger partial charge < -0.3 is 4.74 Å². The summed E-state index contributed by atoms with van der Waals surface area (Å²) in [5.41, 5.74) is 0.536. The van der Waals surface area contributed by atoms with Crippen LogP contribution in [0.2, 0.25) is 0 Å². The minimum absolute atomic E-state index is 0.0279. The van der Waals surface area contributed by atoms with Crippen molar-refractivity contribution in [1.82, 2.24) is 0 Å². The van der Waals surface area contributed by atoms with Gasteiger partial charge in [-0.25, -0.2) is 4.79 Å². The number of halogens is 2. The summed E-state index contributed by atoms with van der Waals surface area (Å²) in [5, 5.41) is 14.7. The highest BCUT2D eigenvalue weighted by Crippen LogP contribution is 2.36. The molecule has 0 aromatic rings. The number of allylic oxidation sites excluding steroid dienone is 3. The Hall–Kier alpha value is -0.600. The van der Waals surface area contributed by atoms with Crippen molar-refractivity contribution in [3.63, 3.8) is 0 Å². The van der Waals surface area contributed by atoms with E-state index in [4.69, 9.17) is 29.2 Å². The number of rotatable bonds is 10. The minimum atomic E-state index is -0.623. The standard InChI is InChI=1S/C18H21Br2NO2S2/c1-4-5-6-7-8-23-18(22)14(9-21)17(12(2)15(19)10-24)13(3)16(20)11-25/h12-13H,4-8H2,1-3H3. The lowest BCUT2D eigenvalue weighted by atomic mass is 9.86. The lowest BCUT2D eigenvalue weighted by Crippen LogP contribution is -2.18. The summed E-state index contributed by atoms with van der Waals surface area (Å²) in [7, 11) is 0. The summed E-state index contributed by atoms with van der Waals surface area (Å²) >= 11 is 16.4. The first-order valence-corrected chi connectivity index (χ1v) is 10.4. The molecular formula is C18H21Br2NO2S2. The Kier molecular flexibility index (Phi) is 13.3. The summed E-state index contributed by atoms with van der Waals surface area (Å²) in [4.78, 5) is 12.4. The van der Waals surface area contributed by atoms with Crippen molar-refractivity contribution < 1.29 is 9.53 Å². The number of carbonyl (C=O) groups excluding carboxylic acids is 1. The molecule has 0 N–H and O–H groups in total. The Bertz CT molecular complexity index is 622. The first-order valence-electron chi connectivity index (χ1n) is 7.97. The van der Waals surface area contributed by atoms with E-state index in [0.717, 1.165) is 25.7 Å². The van der Waals surface area contributed by atoms with Crippen LogP contribution in [-0.2, 0) is 9.53 Å². The lowest BCUT2D eigenvalue weighted by molar-refractivity contribution is -0.138. The summed E-state index contributed by atoms with van der Waals surface area (Å²) in [6.07, 6.45) is 3.97. The molecule has 0 saturated carbocycles. The van der Waals surface area contributed by atoms with Gasteiger partial charge >= 0.3 is 5.97 Å². The third kappa shape index (κ3) is 8.09. The summed E-state index contributed by atoms with van der Waals surface area (Å²) < 4.78 is 6.45. The summed E-state index contributed by atoms with van der Waals surface area (Å²) in [6, 6.07) is 1.99. The van der Waals surface area contributed by atoms with Crippen LogP contribution in [-0.4, -0.2) is 22.6 Å². The molecule has 2 unspecified atom stereocenters.